The van der Waals surface area contributed by atoms with Crippen molar-refractivity contribution in [2.24, 2.45) is 0 Å². The lowest BCUT2D eigenvalue weighted by atomic mass is 10.0. The molecule has 59 heavy (non-hydrogen) atoms. The molecule has 0 aliphatic carbocycles. The van der Waals surface area contributed by atoms with Gasteiger partial charge in [-0.2, -0.15) is 0 Å². The van der Waals surface area contributed by atoms with Crippen LogP contribution >= 0.6 is 0 Å². The quantitative estimate of drug-likeness (QED) is 0.0323. The van der Waals surface area contributed by atoms with Gasteiger partial charge in [-0.1, -0.05) is 196 Å². The van der Waals surface area contributed by atoms with Crippen LogP contribution in [0.2, 0.25) is 0 Å². The van der Waals surface area contributed by atoms with Crippen molar-refractivity contribution in [3.63, 3.8) is 0 Å². The topological polar surface area (TPSA) is 95.9 Å². The van der Waals surface area contributed by atoms with E-state index in [1.165, 1.54) is 83.5 Å². The summed E-state index contributed by atoms with van der Waals surface area (Å²) in [6.07, 6.45) is 58.2. The minimum Gasteiger partial charge on any atom is -0.462 e. The first-order chi connectivity index (χ1) is 29.0. The lowest BCUT2D eigenvalue weighted by Crippen LogP contribution is -2.46. The molecule has 6 nitrogen and oxygen atoms in total. The second kappa shape index (κ2) is 46.4. The highest BCUT2D eigenvalue weighted by Gasteiger charge is 2.24. The molecule has 0 aliphatic heterocycles. The van der Waals surface area contributed by atoms with E-state index in [1.54, 1.807) is 0 Å². The number of allylic oxidation sites excluding steroid dienone is 12. The van der Waals surface area contributed by atoms with E-state index in [9.17, 15) is 19.8 Å². The Morgan fingerprint density at radius 1 is 0.508 bits per heavy atom. The number of hydrogen-bond acceptors (Lipinski definition) is 5. The SMILES string of the molecule is CC/C=C\C/C=C\C/C=C\C/C=C\C/C=C\CCCC(CC(=O)NC(CO)C(O)CCCCCCCCCCCC)OC(=O)CCCCC/C=C\CCCCCCCC. The van der Waals surface area contributed by atoms with E-state index in [1.807, 2.05) is 0 Å². The number of carbonyl (C=O) groups is 2. The summed E-state index contributed by atoms with van der Waals surface area (Å²) >= 11 is 0. The van der Waals surface area contributed by atoms with E-state index >= 15 is 0 Å². The van der Waals surface area contributed by atoms with Gasteiger partial charge in [-0.3, -0.25) is 9.59 Å². The van der Waals surface area contributed by atoms with Crippen LogP contribution in [-0.2, 0) is 14.3 Å². The predicted octanol–water partition coefficient (Wildman–Crippen LogP) is 14.6. The van der Waals surface area contributed by atoms with Crippen molar-refractivity contribution in [2.75, 3.05) is 6.61 Å². The molecule has 0 aromatic heterocycles. The van der Waals surface area contributed by atoms with E-state index in [0.29, 0.717) is 19.3 Å². The number of aliphatic hydroxyl groups excluding tert-OH is 2. The van der Waals surface area contributed by atoms with Gasteiger partial charge in [0.1, 0.15) is 6.10 Å². The second-order valence-electron chi connectivity index (χ2n) is 16.5. The number of esters is 1. The number of carbonyl (C=O) groups excluding carboxylic acids is 2. The molecule has 0 bridgehead atoms. The Labute approximate surface area is 364 Å². The Balaban J connectivity index is 4.75. The molecular formula is C53H93NO5. The molecule has 0 rings (SSSR count). The van der Waals surface area contributed by atoms with Gasteiger partial charge in [0.25, 0.3) is 0 Å². The lowest BCUT2D eigenvalue weighted by Gasteiger charge is -2.24. The van der Waals surface area contributed by atoms with Crippen LogP contribution in [0, 0.1) is 0 Å². The zero-order chi connectivity index (χ0) is 43.1. The lowest BCUT2D eigenvalue weighted by molar-refractivity contribution is -0.151. The van der Waals surface area contributed by atoms with E-state index < -0.39 is 18.2 Å². The van der Waals surface area contributed by atoms with E-state index in [4.69, 9.17) is 4.74 Å². The Morgan fingerprint density at radius 3 is 1.44 bits per heavy atom. The molecule has 0 aromatic rings. The molecule has 0 saturated carbocycles. The fourth-order valence-corrected chi connectivity index (χ4v) is 7.04. The maximum Gasteiger partial charge on any atom is 0.306 e. The minimum atomic E-state index is -0.806. The maximum absolute atomic E-state index is 13.2. The molecule has 0 saturated heterocycles. The van der Waals surface area contributed by atoms with Crippen LogP contribution in [0.15, 0.2) is 72.9 Å². The van der Waals surface area contributed by atoms with Crippen molar-refractivity contribution in [1.82, 2.24) is 5.32 Å². The second-order valence-corrected chi connectivity index (χ2v) is 16.5. The van der Waals surface area contributed by atoms with Crippen molar-refractivity contribution >= 4 is 11.9 Å². The van der Waals surface area contributed by atoms with Crippen LogP contribution in [0.25, 0.3) is 0 Å². The summed E-state index contributed by atoms with van der Waals surface area (Å²) in [7, 11) is 0. The summed E-state index contributed by atoms with van der Waals surface area (Å²) in [5.74, 6) is -0.553. The molecule has 3 atom stereocenters. The van der Waals surface area contributed by atoms with Crippen molar-refractivity contribution in [1.29, 1.82) is 0 Å². The number of nitrogens with one attached hydrogen (secondary N) is 1. The normalized spacial score (nSPS) is 13.9. The smallest absolute Gasteiger partial charge is 0.306 e. The van der Waals surface area contributed by atoms with Gasteiger partial charge in [-0.15, -0.1) is 0 Å². The molecular weight excluding hydrogens is 731 g/mol. The third-order valence-corrected chi connectivity index (χ3v) is 10.8. The summed E-state index contributed by atoms with van der Waals surface area (Å²) in [4.78, 5) is 26.1. The zero-order valence-corrected chi connectivity index (χ0v) is 38.6. The van der Waals surface area contributed by atoms with Gasteiger partial charge in [0, 0.05) is 6.42 Å². The van der Waals surface area contributed by atoms with Crippen molar-refractivity contribution in [3.05, 3.63) is 72.9 Å². The molecule has 3 N–H and O–H groups in total. The van der Waals surface area contributed by atoms with Crippen LogP contribution in [0.3, 0.4) is 0 Å². The largest absolute Gasteiger partial charge is 0.462 e. The first-order valence-electron chi connectivity index (χ1n) is 24.7. The number of ether oxygens (including phenoxy) is 1. The average Bonchev–Trinajstić information content (AvgIpc) is 3.23. The number of hydrogen-bond donors (Lipinski definition) is 3. The van der Waals surface area contributed by atoms with E-state index in [-0.39, 0.29) is 24.9 Å². The molecule has 0 radical (unpaired) electrons. The van der Waals surface area contributed by atoms with Gasteiger partial charge in [0.2, 0.25) is 5.91 Å². The maximum atomic E-state index is 13.2. The fraction of sp³-hybridized carbons (Fsp3) is 0.736. The molecule has 0 aliphatic rings. The third-order valence-electron chi connectivity index (χ3n) is 10.8. The first-order valence-corrected chi connectivity index (χ1v) is 24.7. The highest BCUT2D eigenvalue weighted by molar-refractivity contribution is 5.77. The van der Waals surface area contributed by atoms with Gasteiger partial charge in [0.15, 0.2) is 0 Å². The fourth-order valence-electron chi connectivity index (χ4n) is 7.04. The summed E-state index contributed by atoms with van der Waals surface area (Å²) in [6.45, 7) is 6.32. The molecule has 1 amide bonds. The Morgan fingerprint density at radius 2 is 0.932 bits per heavy atom. The van der Waals surface area contributed by atoms with Crippen molar-refractivity contribution < 1.29 is 24.5 Å². The van der Waals surface area contributed by atoms with Gasteiger partial charge >= 0.3 is 5.97 Å². The van der Waals surface area contributed by atoms with Gasteiger partial charge in [-0.05, 0) is 89.9 Å². The monoisotopic (exact) mass is 824 g/mol. The molecule has 340 valence electrons. The van der Waals surface area contributed by atoms with E-state index in [2.05, 4.69) is 99.0 Å². The van der Waals surface area contributed by atoms with Crippen LogP contribution < -0.4 is 5.32 Å². The summed E-state index contributed by atoms with van der Waals surface area (Å²) in [6, 6.07) is -0.724. The predicted molar refractivity (Wildman–Crippen MR) is 255 cm³/mol. The minimum absolute atomic E-state index is 0.0300. The Hall–Kier alpha value is -2.70. The van der Waals surface area contributed by atoms with Crippen LogP contribution in [0.1, 0.15) is 226 Å². The highest BCUT2D eigenvalue weighted by atomic mass is 16.5. The zero-order valence-electron chi connectivity index (χ0n) is 38.6. The molecule has 0 heterocycles. The molecule has 3 unspecified atom stereocenters. The van der Waals surface area contributed by atoms with Crippen molar-refractivity contribution in [2.45, 2.75) is 244 Å². The number of aliphatic hydroxyl groups is 2. The molecule has 0 aromatic carbocycles. The molecule has 6 heteroatoms. The van der Waals surface area contributed by atoms with Crippen LogP contribution in [0.5, 0.6) is 0 Å². The first kappa shape index (κ1) is 56.3. The average molecular weight is 824 g/mol. The van der Waals surface area contributed by atoms with E-state index in [0.717, 1.165) is 96.3 Å². The van der Waals surface area contributed by atoms with Crippen molar-refractivity contribution in [3.8, 4) is 0 Å². The molecule has 0 fully saturated rings. The summed E-state index contributed by atoms with van der Waals surface area (Å²) in [5, 5.41) is 23.6. The third kappa shape index (κ3) is 41.8. The van der Waals surface area contributed by atoms with Crippen LogP contribution in [0.4, 0.5) is 0 Å². The standard InChI is InChI=1S/C53H93NO5/c1-4-7-10-13-16-19-22-24-25-26-27-29-30-32-35-38-41-44-49(59-53(58)46-43-40-37-34-31-28-23-20-17-14-11-8-5-2)47-52(57)54-50(48-55)51(56)45-42-39-36-33-21-18-15-12-9-6-3/h7,10,16,19,24-25,27-29,31-32,35,49-51,55-56H,4-6,8-9,11-15,17-18,20-23,26,30,33-34,36-48H2,1-3H3,(H,54,57)/b10-7-,19-16-,25-24-,29-27-,31-28-,35-32-. The summed E-state index contributed by atoms with van der Waals surface area (Å²) < 4.78 is 5.88. The molecule has 0 spiro atoms. The summed E-state index contributed by atoms with van der Waals surface area (Å²) in [5.41, 5.74) is 0. The van der Waals surface area contributed by atoms with Gasteiger partial charge in [0.05, 0.1) is 25.2 Å². The van der Waals surface area contributed by atoms with Crippen LogP contribution in [-0.4, -0.2) is 46.9 Å². The highest BCUT2D eigenvalue weighted by Crippen LogP contribution is 2.16. The Bertz CT molecular complexity index is 1110. The van der Waals surface area contributed by atoms with Gasteiger partial charge in [-0.25, -0.2) is 0 Å². The number of amides is 1. The number of rotatable bonds is 43. The number of unbranched alkanes of at least 4 members (excludes halogenated alkanes) is 19. The Kier molecular flexibility index (Phi) is 44.2. The van der Waals surface area contributed by atoms with Gasteiger partial charge < -0.3 is 20.3 Å².